The van der Waals surface area contributed by atoms with E-state index in [0.717, 1.165) is 44.0 Å². The van der Waals surface area contributed by atoms with Crippen LogP contribution >= 0.6 is 0 Å². The van der Waals surface area contributed by atoms with Crippen molar-refractivity contribution in [3.05, 3.63) is 53.8 Å². The third-order valence-corrected chi connectivity index (χ3v) is 5.46. The van der Waals surface area contributed by atoms with E-state index in [1.807, 2.05) is 12.1 Å². The molecule has 0 aromatic heterocycles. The minimum absolute atomic E-state index is 0.193. The van der Waals surface area contributed by atoms with E-state index in [9.17, 15) is 9.18 Å². The van der Waals surface area contributed by atoms with Gasteiger partial charge >= 0.3 is 6.03 Å². The lowest BCUT2D eigenvalue weighted by Crippen LogP contribution is -2.46. The molecule has 2 aromatic carbocycles. The molecule has 3 rings (SSSR count). The van der Waals surface area contributed by atoms with Crippen molar-refractivity contribution in [1.29, 1.82) is 0 Å². The van der Waals surface area contributed by atoms with Gasteiger partial charge in [-0.25, -0.2) is 9.18 Å². The zero-order valence-electron chi connectivity index (χ0n) is 18.0. The van der Waals surface area contributed by atoms with Crippen LogP contribution in [-0.2, 0) is 0 Å². The lowest BCUT2D eigenvalue weighted by Gasteiger charge is -2.36. The molecule has 162 valence electrons. The van der Waals surface area contributed by atoms with Crippen molar-refractivity contribution < 1.29 is 13.9 Å². The molecule has 0 saturated carbocycles. The summed E-state index contributed by atoms with van der Waals surface area (Å²) in [4.78, 5) is 18.9. The third-order valence-electron chi connectivity index (χ3n) is 5.46. The first-order valence-corrected chi connectivity index (χ1v) is 10.4. The molecule has 0 bridgehead atoms. The standard InChI is InChI=1S/C23H31FN4O2/c1-4-27-11-13-28(14-12-27)22-10-7-20(17-18(22)2)25-23(29)26(3)15-16-30-21-8-5-19(24)6-9-21/h5-10,17H,4,11-16H2,1-3H3,(H,25,29). The molecule has 1 fully saturated rings. The van der Waals surface area contributed by atoms with Gasteiger partial charge in [0.25, 0.3) is 0 Å². The summed E-state index contributed by atoms with van der Waals surface area (Å²) >= 11 is 0. The van der Waals surface area contributed by atoms with Crippen LogP contribution in [0.25, 0.3) is 0 Å². The second-order valence-corrected chi connectivity index (χ2v) is 7.58. The van der Waals surface area contributed by atoms with Crippen molar-refractivity contribution in [2.75, 3.05) is 63.1 Å². The first-order valence-electron chi connectivity index (χ1n) is 10.4. The number of amides is 2. The summed E-state index contributed by atoms with van der Waals surface area (Å²) < 4.78 is 18.5. The number of aryl methyl sites for hydroxylation is 1. The molecule has 1 aliphatic heterocycles. The quantitative estimate of drug-likeness (QED) is 0.748. The Bertz CT molecular complexity index is 836. The van der Waals surface area contributed by atoms with E-state index in [4.69, 9.17) is 4.74 Å². The smallest absolute Gasteiger partial charge is 0.321 e. The number of nitrogens with one attached hydrogen (secondary N) is 1. The van der Waals surface area contributed by atoms with Gasteiger partial charge in [0.2, 0.25) is 0 Å². The van der Waals surface area contributed by atoms with Crippen molar-refractivity contribution in [2.24, 2.45) is 0 Å². The largest absolute Gasteiger partial charge is 0.492 e. The van der Waals surface area contributed by atoms with Crippen molar-refractivity contribution >= 4 is 17.4 Å². The first kappa shape index (κ1) is 21.9. The molecule has 2 aromatic rings. The summed E-state index contributed by atoms with van der Waals surface area (Å²) in [6, 6.07) is 11.7. The maximum atomic E-state index is 12.9. The highest BCUT2D eigenvalue weighted by Crippen LogP contribution is 2.25. The average Bonchev–Trinajstić information content (AvgIpc) is 2.75. The van der Waals surface area contributed by atoms with E-state index >= 15 is 0 Å². The molecule has 0 radical (unpaired) electrons. The average molecular weight is 415 g/mol. The van der Waals surface area contributed by atoms with Gasteiger partial charge in [-0.1, -0.05) is 6.92 Å². The fourth-order valence-corrected chi connectivity index (χ4v) is 3.54. The monoisotopic (exact) mass is 414 g/mol. The van der Waals surface area contributed by atoms with Crippen LogP contribution in [-0.4, -0.2) is 68.8 Å². The van der Waals surface area contributed by atoms with E-state index < -0.39 is 0 Å². The van der Waals surface area contributed by atoms with Crippen molar-refractivity contribution in [3.8, 4) is 5.75 Å². The van der Waals surface area contributed by atoms with Crippen LogP contribution in [0.4, 0.5) is 20.6 Å². The highest BCUT2D eigenvalue weighted by molar-refractivity contribution is 5.89. The Labute approximate surface area is 178 Å². The van der Waals surface area contributed by atoms with Gasteiger partial charge in [-0.3, -0.25) is 0 Å². The second kappa shape index (κ2) is 10.3. The summed E-state index contributed by atoms with van der Waals surface area (Å²) in [5, 5.41) is 2.94. The van der Waals surface area contributed by atoms with Crippen LogP contribution < -0.4 is 15.0 Å². The molecule has 6 nitrogen and oxygen atoms in total. The van der Waals surface area contributed by atoms with Gasteiger partial charge in [0.05, 0.1) is 6.54 Å². The first-order chi connectivity index (χ1) is 14.5. The molecule has 1 aliphatic rings. The molecular weight excluding hydrogens is 383 g/mol. The molecule has 0 atom stereocenters. The van der Waals surface area contributed by atoms with Gasteiger partial charge in [-0.05, 0) is 61.5 Å². The Morgan fingerprint density at radius 1 is 1.13 bits per heavy atom. The van der Waals surface area contributed by atoms with Gasteiger partial charge < -0.3 is 24.8 Å². The number of carbonyl (C=O) groups is 1. The predicted molar refractivity (Wildman–Crippen MR) is 119 cm³/mol. The predicted octanol–water partition coefficient (Wildman–Crippen LogP) is 3.82. The molecule has 1 N–H and O–H groups in total. The summed E-state index contributed by atoms with van der Waals surface area (Å²) in [7, 11) is 1.72. The van der Waals surface area contributed by atoms with E-state index in [1.54, 1.807) is 24.1 Å². The lowest BCUT2D eigenvalue weighted by atomic mass is 10.1. The summed E-state index contributed by atoms with van der Waals surface area (Å²) in [6.45, 7) is 10.3. The van der Waals surface area contributed by atoms with Crippen molar-refractivity contribution in [3.63, 3.8) is 0 Å². The molecule has 0 spiro atoms. The molecule has 0 unspecified atom stereocenters. The SMILES string of the molecule is CCN1CCN(c2ccc(NC(=O)N(C)CCOc3ccc(F)cc3)cc2C)CC1. The number of benzene rings is 2. The Balaban J connectivity index is 1.48. The summed E-state index contributed by atoms with van der Waals surface area (Å²) in [5.41, 5.74) is 3.16. The number of ether oxygens (including phenoxy) is 1. The number of hydrogen-bond acceptors (Lipinski definition) is 4. The number of nitrogens with zero attached hydrogens (tertiary/aromatic N) is 3. The van der Waals surface area contributed by atoms with E-state index in [0.29, 0.717) is 18.9 Å². The lowest BCUT2D eigenvalue weighted by molar-refractivity contribution is 0.207. The van der Waals surface area contributed by atoms with Crippen LogP contribution in [0, 0.1) is 12.7 Å². The van der Waals surface area contributed by atoms with Crippen LogP contribution in [0.3, 0.4) is 0 Å². The normalized spacial score (nSPS) is 14.5. The Kier molecular flexibility index (Phi) is 7.52. The number of piperazine rings is 1. The number of anilines is 2. The topological polar surface area (TPSA) is 48.0 Å². The summed E-state index contributed by atoms with van der Waals surface area (Å²) in [5.74, 6) is 0.277. The number of halogens is 1. The minimum Gasteiger partial charge on any atom is -0.492 e. The van der Waals surface area contributed by atoms with Gasteiger partial charge in [0.1, 0.15) is 18.2 Å². The fourth-order valence-electron chi connectivity index (χ4n) is 3.54. The van der Waals surface area contributed by atoms with Gasteiger partial charge in [-0.15, -0.1) is 0 Å². The van der Waals surface area contributed by atoms with Crippen molar-refractivity contribution in [2.45, 2.75) is 13.8 Å². The maximum Gasteiger partial charge on any atom is 0.321 e. The number of rotatable bonds is 7. The molecule has 1 saturated heterocycles. The van der Waals surface area contributed by atoms with Crippen LogP contribution in [0.5, 0.6) is 5.75 Å². The van der Waals surface area contributed by atoms with E-state index in [1.165, 1.54) is 17.8 Å². The van der Waals surface area contributed by atoms with Gasteiger partial charge in [0, 0.05) is 44.6 Å². The number of likely N-dealkylation sites (N-methyl/N-ethyl adjacent to an activating group) is 2. The number of carbonyl (C=O) groups excluding carboxylic acids is 1. The molecule has 2 amide bonds. The van der Waals surface area contributed by atoms with Crippen LogP contribution in [0.1, 0.15) is 12.5 Å². The second-order valence-electron chi connectivity index (χ2n) is 7.58. The zero-order chi connectivity index (χ0) is 21.5. The van der Waals surface area contributed by atoms with E-state index in [2.05, 4.69) is 35.0 Å². The van der Waals surface area contributed by atoms with E-state index in [-0.39, 0.29) is 11.8 Å². The maximum absolute atomic E-state index is 12.9. The Morgan fingerprint density at radius 2 is 1.83 bits per heavy atom. The highest BCUT2D eigenvalue weighted by Gasteiger charge is 2.17. The Morgan fingerprint density at radius 3 is 2.47 bits per heavy atom. The van der Waals surface area contributed by atoms with Crippen LogP contribution in [0.2, 0.25) is 0 Å². The molecule has 7 heteroatoms. The molecule has 0 aliphatic carbocycles. The third kappa shape index (κ3) is 5.86. The minimum atomic E-state index is -0.302. The Hall–Kier alpha value is -2.80. The zero-order valence-corrected chi connectivity index (χ0v) is 18.0. The number of urea groups is 1. The highest BCUT2D eigenvalue weighted by atomic mass is 19.1. The van der Waals surface area contributed by atoms with Crippen molar-refractivity contribution in [1.82, 2.24) is 9.80 Å². The van der Waals surface area contributed by atoms with Crippen LogP contribution in [0.15, 0.2) is 42.5 Å². The molecule has 30 heavy (non-hydrogen) atoms. The van der Waals surface area contributed by atoms with Gasteiger partial charge in [0.15, 0.2) is 0 Å². The summed E-state index contributed by atoms with van der Waals surface area (Å²) in [6.07, 6.45) is 0. The fraction of sp³-hybridized carbons (Fsp3) is 0.435. The molecule has 1 heterocycles. The van der Waals surface area contributed by atoms with Gasteiger partial charge in [-0.2, -0.15) is 0 Å². The number of hydrogen-bond donors (Lipinski definition) is 1. The molecular formula is C23H31FN4O2.